The van der Waals surface area contributed by atoms with Gasteiger partial charge in [0.15, 0.2) is 5.82 Å². The zero-order chi connectivity index (χ0) is 25.1. The molecule has 1 unspecified atom stereocenters. The molecule has 0 bridgehead atoms. The Morgan fingerprint density at radius 2 is 1.92 bits per heavy atom. The topological polar surface area (TPSA) is 87.9 Å². The van der Waals surface area contributed by atoms with E-state index in [0.29, 0.717) is 28.5 Å². The number of ether oxygens (including phenoxy) is 1. The lowest BCUT2D eigenvalue weighted by atomic mass is 9.75. The summed E-state index contributed by atoms with van der Waals surface area (Å²) in [4.78, 5) is 21.1. The molecule has 1 aliphatic rings. The van der Waals surface area contributed by atoms with Gasteiger partial charge in [0.2, 0.25) is 0 Å². The SMILES string of the molecule is N#Cc1c(NC(=O)OCCc2ccccn2)ncc2c1-c1ccccc1C(c1ccc(Cl)c(Cl)c1)C2. The second kappa shape index (κ2) is 10.4. The van der Waals surface area contributed by atoms with Crippen molar-refractivity contribution < 1.29 is 9.53 Å². The maximum atomic E-state index is 12.5. The fraction of sp³-hybridized carbons (Fsp3) is 0.143. The van der Waals surface area contributed by atoms with Gasteiger partial charge in [0, 0.05) is 36.0 Å². The number of nitrogens with one attached hydrogen (secondary N) is 1. The van der Waals surface area contributed by atoms with Crippen molar-refractivity contribution in [3.05, 3.63) is 111 Å². The standard InChI is InChI=1S/C28H20Cl2N4O2/c29-24-9-8-17(14-25(24)30)22-13-18-16-33-27(23(15-31)26(18)21-7-2-1-6-20(21)22)34-28(35)36-12-10-19-5-3-4-11-32-19/h1-9,11,14,16,22H,10,12-13H2,(H,33,34,35). The summed E-state index contributed by atoms with van der Waals surface area (Å²) < 4.78 is 5.30. The van der Waals surface area contributed by atoms with Crippen molar-refractivity contribution in [1.29, 1.82) is 5.26 Å². The van der Waals surface area contributed by atoms with Crippen LogP contribution < -0.4 is 5.32 Å². The Morgan fingerprint density at radius 3 is 2.69 bits per heavy atom. The molecule has 0 saturated heterocycles. The molecule has 0 spiro atoms. The number of rotatable bonds is 5. The molecule has 1 N–H and O–H groups in total. The predicted octanol–water partition coefficient (Wildman–Crippen LogP) is 6.80. The Kier molecular flexibility index (Phi) is 6.86. The fourth-order valence-corrected chi connectivity index (χ4v) is 4.84. The first kappa shape index (κ1) is 23.8. The molecule has 4 aromatic rings. The molecule has 0 aliphatic heterocycles. The number of nitriles is 1. The van der Waals surface area contributed by atoms with Crippen LogP contribution in [0.4, 0.5) is 10.6 Å². The molecule has 2 aromatic carbocycles. The normalized spacial score (nSPS) is 13.8. The summed E-state index contributed by atoms with van der Waals surface area (Å²) in [5, 5.41) is 13.7. The molecule has 5 rings (SSSR count). The third-order valence-electron chi connectivity index (χ3n) is 6.18. The fourth-order valence-electron chi connectivity index (χ4n) is 4.53. The number of fused-ring (bicyclic) bond motifs is 3. The van der Waals surface area contributed by atoms with Crippen molar-refractivity contribution in [1.82, 2.24) is 9.97 Å². The quantitative estimate of drug-likeness (QED) is 0.316. The van der Waals surface area contributed by atoms with Gasteiger partial charge in [-0.15, -0.1) is 0 Å². The van der Waals surface area contributed by atoms with Crippen molar-refractivity contribution >= 4 is 35.1 Å². The highest BCUT2D eigenvalue weighted by Crippen LogP contribution is 2.45. The third-order valence-corrected chi connectivity index (χ3v) is 6.92. The molecule has 0 fully saturated rings. The predicted molar refractivity (Wildman–Crippen MR) is 139 cm³/mol. The average molecular weight is 515 g/mol. The van der Waals surface area contributed by atoms with Crippen LogP contribution in [0.5, 0.6) is 0 Å². The lowest BCUT2D eigenvalue weighted by molar-refractivity contribution is 0.162. The van der Waals surface area contributed by atoms with Gasteiger partial charge in [-0.2, -0.15) is 5.26 Å². The molecule has 2 heterocycles. The Labute approximate surface area is 218 Å². The van der Waals surface area contributed by atoms with Gasteiger partial charge >= 0.3 is 6.09 Å². The summed E-state index contributed by atoms with van der Waals surface area (Å²) in [6.45, 7) is 0.157. The smallest absolute Gasteiger partial charge is 0.412 e. The highest BCUT2D eigenvalue weighted by molar-refractivity contribution is 6.42. The number of pyridine rings is 2. The van der Waals surface area contributed by atoms with Crippen molar-refractivity contribution in [2.45, 2.75) is 18.8 Å². The Bertz CT molecular complexity index is 1490. The second-order valence-electron chi connectivity index (χ2n) is 8.34. The highest BCUT2D eigenvalue weighted by atomic mass is 35.5. The third kappa shape index (κ3) is 4.76. The number of aromatic nitrogens is 2. The van der Waals surface area contributed by atoms with Crippen molar-refractivity contribution in [3.8, 4) is 17.2 Å². The molecule has 8 heteroatoms. The number of hydrogen-bond acceptors (Lipinski definition) is 5. The van der Waals surface area contributed by atoms with E-state index >= 15 is 0 Å². The summed E-state index contributed by atoms with van der Waals surface area (Å²) in [6, 6.07) is 21.4. The van der Waals surface area contributed by atoms with E-state index in [9.17, 15) is 10.1 Å². The van der Waals surface area contributed by atoms with E-state index in [1.807, 2.05) is 54.6 Å². The van der Waals surface area contributed by atoms with Gasteiger partial charge < -0.3 is 4.74 Å². The average Bonchev–Trinajstić information content (AvgIpc) is 2.90. The molecular weight excluding hydrogens is 495 g/mol. The summed E-state index contributed by atoms with van der Waals surface area (Å²) in [7, 11) is 0. The molecule has 6 nitrogen and oxygen atoms in total. The maximum absolute atomic E-state index is 12.5. The number of halogens is 2. The van der Waals surface area contributed by atoms with Gasteiger partial charge in [0.25, 0.3) is 0 Å². The Hall–Kier alpha value is -3.92. The lowest BCUT2D eigenvalue weighted by Crippen LogP contribution is -2.19. The van der Waals surface area contributed by atoms with Gasteiger partial charge in [-0.3, -0.25) is 10.3 Å². The van der Waals surface area contributed by atoms with Crippen LogP contribution in [0.25, 0.3) is 11.1 Å². The van der Waals surface area contributed by atoms with Crippen LogP contribution in [0.15, 0.2) is 73.1 Å². The number of hydrogen-bond donors (Lipinski definition) is 1. The van der Waals surface area contributed by atoms with E-state index in [4.69, 9.17) is 27.9 Å². The number of amides is 1. The van der Waals surface area contributed by atoms with Crippen LogP contribution in [-0.2, 0) is 17.6 Å². The first-order valence-electron chi connectivity index (χ1n) is 11.3. The first-order chi connectivity index (χ1) is 17.5. The zero-order valence-corrected chi connectivity index (χ0v) is 20.6. The summed E-state index contributed by atoms with van der Waals surface area (Å²) in [5.74, 6) is 0.189. The number of nitrogens with zero attached hydrogens (tertiary/aromatic N) is 3. The largest absolute Gasteiger partial charge is 0.449 e. The molecule has 1 amide bonds. The molecule has 178 valence electrons. The molecule has 0 saturated carbocycles. The minimum absolute atomic E-state index is 0.0205. The van der Waals surface area contributed by atoms with E-state index in [-0.39, 0.29) is 18.3 Å². The van der Waals surface area contributed by atoms with E-state index in [1.165, 1.54) is 0 Å². The summed E-state index contributed by atoms with van der Waals surface area (Å²) in [6.07, 6.45) is 3.84. The molecule has 2 aromatic heterocycles. The van der Waals surface area contributed by atoms with Crippen LogP contribution >= 0.6 is 23.2 Å². The van der Waals surface area contributed by atoms with Gasteiger partial charge in [-0.1, -0.05) is 59.6 Å². The van der Waals surface area contributed by atoms with Gasteiger partial charge in [-0.25, -0.2) is 9.78 Å². The number of anilines is 1. The number of carbonyl (C=O) groups excluding carboxylic acids is 1. The molecular formula is C28H20Cl2N4O2. The van der Waals surface area contributed by atoms with E-state index in [2.05, 4.69) is 21.4 Å². The Balaban J connectivity index is 1.42. The van der Waals surface area contributed by atoms with Crippen LogP contribution in [0.2, 0.25) is 10.0 Å². The second-order valence-corrected chi connectivity index (χ2v) is 9.16. The van der Waals surface area contributed by atoms with E-state index in [0.717, 1.165) is 33.5 Å². The summed E-state index contributed by atoms with van der Waals surface area (Å²) in [5.41, 5.74) is 5.81. The van der Waals surface area contributed by atoms with Crippen molar-refractivity contribution in [2.75, 3.05) is 11.9 Å². The lowest BCUT2D eigenvalue weighted by Gasteiger charge is -2.29. The Morgan fingerprint density at radius 1 is 1.08 bits per heavy atom. The van der Waals surface area contributed by atoms with Gasteiger partial charge in [0.05, 0.1) is 16.7 Å². The first-order valence-corrected chi connectivity index (χ1v) is 12.1. The number of benzene rings is 2. The van der Waals surface area contributed by atoms with E-state index in [1.54, 1.807) is 18.5 Å². The summed E-state index contributed by atoms with van der Waals surface area (Å²) >= 11 is 12.4. The molecule has 1 aliphatic carbocycles. The van der Waals surface area contributed by atoms with Crippen LogP contribution in [0, 0.1) is 11.3 Å². The van der Waals surface area contributed by atoms with Crippen molar-refractivity contribution in [3.63, 3.8) is 0 Å². The maximum Gasteiger partial charge on any atom is 0.412 e. The monoisotopic (exact) mass is 514 g/mol. The molecule has 0 radical (unpaired) electrons. The zero-order valence-electron chi connectivity index (χ0n) is 19.0. The van der Waals surface area contributed by atoms with Crippen LogP contribution in [0.3, 0.4) is 0 Å². The number of carbonyl (C=O) groups is 1. The minimum Gasteiger partial charge on any atom is -0.449 e. The van der Waals surface area contributed by atoms with Crippen LogP contribution in [-0.4, -0.2) is 22.7 Å². The van der Waals surface area contributed by atoms with Gasteiger partial charge in [-0.05, 0) is 52.9 Å². The minimum atomic E-state index is -0.673. The molecule has 1 atom stereocenters. The van der Waals surface area contributed by atoms with Gasteiger partial charge in [0.1, 0.15) is 11.6 Å². The highest BCUT2D eigenvalue weighted by Gasteiger charge is 2.30. The van der Waals surface area contributed by atoms with E-state index < -0.39 is 6.09 Å². The molecule has 36 heavy (non-hydrogen) atoms. The van der Waals surface area contributed by atoms with Crippen LogP contribution in [0.1, 0.15) is 33.9 Å². The van der Waals surface area contributed by atoms with Crippen molar-refractivity contribution in [2.24, 2.45) is 0 Å².